The highest BCUT2D eigenvalue weighted by atomic mass is 16.5. The van der Waals surface area contributed by atoms with Crippen LogP contribution >= 0.6 is 0 Å². The minimum Gasteiger partial charge on any atom is -0.494 e. The lowest BCUT2D eigenvalue weighted by atomic mass is 10.2. The van der Waals surface area contributed by atoms with E-state index >= 15 is 0 Å². The number of benzene rings is 2. The Morgan fingerprint density at radius 2 is 1.57 bits per heavy atom. The number of hydrogen-bond donors (Lipinski definition) is 3. The molecule has 2 aromatic rings. The highest BCUT2D eigenvalue weighted by Gasteiger charge is 2.14. The third kappa shape index (κ3) is 7.46. The maximum atomic E-state index is 12.3. The van der Waals surface area contributed by atoms with E-state index in [1.165, 1.54) is 0 Å². The summed E-state index contributed by atoms with van der Waals surface area (Å²) in [6.45, 7) is 6.17. The molecular formula is C22H27N3O5. The van der Waals surface area contributed by atoms with Gasteiger partial charge in [0.15, 0.2) is 0 Å². The fourth-order valence-corrected chi connectivity index (χ4v) is 2.52. The van der Waals surface area contributed by atoms with Crippen LogP contribution in [0.4, 0.5) is 5.69 Å². The van der Waals surface area contributed by atoms with Crippen LogP contribution in [-0.4, -0.2) is 30.4 Å². The Balaban J connectivity index is 1.77. The largest absolute Gasteiger partial charge is 0.494 e. The van der Waals surface area contributed by atoms with Crippen molar-refractivity contribution in [2.45, 2.75) is 39.7 Å². The number of hydrazine groups is 1. The first-order chi connectivity index (χ1) is 14.4. The standard InChI is InChI=1S/C22H27N3O5/c1-4-29-17-11-9-16(10-12-17)23-20(26)13-14-21(27)24-25-22(28)18-7-5-6-8-19(18)30-15(2)3/h5-12,15H,4,13-14H2,1-3H3,(H,23,26)(H,24,27)(H,25,28). The quantitative estimate of drug-likeness (QED) is 0.548. The lowest BCUT2D eigenvalue weighted by molar-refractivity contribution is -0.124. The molecular weight excluding hydrogens is 386 g/mol. The summed E-state index contributed by atoms with van der Waals surface area (Å²) in [7, 11) is 0. The fraction of sp³-hybridized carbons (Fsp3) is 0.318. The predicted octanol–water partition coefficient (Wildman–Crippen LogP) is 3.05. The van der Waals surface area contributed by atoms with Crippen molar-refractivity contribution in [1.29, 1.82) is 0 Å². The van der Waals surface area contributed by atoms with Crippen LogP contribution in [0.5, 0.6) is 11.5 Å². The molecule has 0 fully saturated rings. The molecule has 8 heteroatoms. The van der Waals surface area contributed by atoms with Gasteiger partial charge in [-0.25, -0.2) is 0 Å². The average Bonchev–Trinajstić information content (AvgIpc) is 2.72. The summed E-state index contributed by atoms with van der Waals surface area (Å²) in [6.07, 6.45) is -0.197. The molecule has 0 saturated heterocycles. The third-order valence-electron chi connectivity index (χ3n) is 3.84. The molecule has 0 heterocycles. The molecule has 0 aliphatic carbocycles. The van der Waals surface area contributed by atoms with Gasteiger partial charge < -0.3 is 14.8 Å². The van der Waals surface area contributed by atoms with Gasteiger partial charge in [-0.1, -0.05) is 12.1 Å². The maximum absolute atomic E-state index is 12.3. The van der Waals surface area contributed by atoms with Gasteiger partial charge in [-0.2, -0.15) is 0 Å². The van der Waals surface area contributed by atoms with E-state index in [0.29, 0.717) is 29.4 Å². The Bertz CT molecular complexity index is 865. The zero-order chi connectivity index (χ0) is 21.9. The Hall–Kier alpha value is -3.55. The van der Waals surface area contributed by atoms with Crippen LogP contribution in [0.2, 0.25) is 0 Å². The zero-order valence-electron chi connectivity index (χ0n) is 17.4. The first-order valence-electron chi connectivity index (χ1n) is 9.76. The van der Waals surface area contributed by atoms with Crippen LogP contribution in [0.3, 0.4) is 0 Å². The molecule has 3 amide bonds. The predicted molar refractivity (Wildman–Crippen MR) is 113 cm³/mol. The second-order valence-electron chi connectivity index (χ2n) is 6.67. The van der Waals surface area contributed by atoms with E-state index in [4.69, 9.17) is 9.47 Å². The second-order valence-corrected chi connectivity index (χ2v) is 6.67. The molecule has 3 N–H and O–H groups in total. The lowest BCUT2D eigenvalue weighted by Crippen LogP contribution is -2.42. The molecule has 0 spiro atoms. The van der Waals surface area contributed by atoms with E-state index in [-0.39, 0.29) is 24.9 Å². The van der Waals surface area contributed by atoms with Crippen molar-refractivity contribution in [3.63, 3.8) is 0 Å². The second kappa shape index (κ2) is 11.5. The first kappa shape index (κ1) is 22.7. The van der Waals surface area contributed by atoms with Gasteiger partial charge in [-0.15, -0.1) is 0 Å². The Morgan fingerprint density at radius 3 is 2.23 bits per heavy atom. The summed E-state index contributed by atoms with van der Waals surface area (Å²) in [5, 5.41) is 2.70. The minimum atomic E-state index is -0.501. The lowest BCUT2D eigenvalue weighted by Gasteiger charge is -2.14. The van der Waals surface area contributed by atoms with Crippen molar-refractivity contribution < 1.29 is 23.9 Å². The van der Waals surface area contributed by atoms with E-state index in [2.05, 4.69) is 16.2 Å². The summed E-state index contributed by atoms with van der Waals surface area (Å²) in [5.74, 6) is -0.151. The first-order valence-corrected chi connectivity index (χ1v) is 9.76. The van der Waals surface area contributed by atoms with E-state index in [1.807, 2.05) is 20.8 Å². The van der Waals surface area contributed by atoms with Gasteiger partial charge >= 0.3 is 0 Å². The van der Waals surface area contributed by atoms with Gasteiger partial charge in [0.1, 0.15) is 11.5 Å². The number of ether oxygens (including phenoxy) is 2. The van der Waals surface area contributed by atoms with Gasteiger partial charge in [0, 0.05) is 18.5 Å². The molecule has 2 rings (SSSR count). The SMILES string of the molecule is CCOc1ccc(NC(=O)CCC(=O)NNC(=O)c2ccccc2OC(C)C)cc1. The number of carbonyl (C=O) groups is 3. The summed E-state index contributed by atoms with van der Waals surface area (Å²) < 4.78 is 10.9. The number of carbonyl (C=O) groups excluding carboxylic acids is 3. The highest BCUT2D eigenvalue weighted by Crippen LogP contribution is 2.19. The molecule has 0 radical (unpaired) electrons. The molecule has 0 saturated carbocycles. The zero-order valence-corrected chi connectivity index (χ0v) is 17.4. The molecule has 0 aromatic heterocycles. The molecule has 0 unspecified atom stereocenters. The number of nitrogens with one attached hydrogen (secondary N) is 3. The summed E-state index contributed by atoms with van der Waals surface area (Å²) in [6, 6.07) is 13.7. The van der Waals surface area contributed by atoms with Crippen LogP contribution in [-0.2, 0) is 9.59 Å². The van der Waals surface area contributed by atoms with Crippen LogP contribution in [0.1, 0.15) is 44.0 Å². The Morgan fingerprint density at radius 1 is 0.900 bits per heavy atom. The Labute approximate surface area is 175 Å². The number of amides is 3. The van der Waals surface area contributed by atoms with Crippen molar-refractivity contribution in [2.75, 3.05) is 11.9 Å². The smallest absolute Gasteiger partial charge is 0.273 e. The Kier molecular flexibility index (Phi) is 8.68. The van der Waals surface area contributed by atoms with Crippen molar-refractivity contribution >= 4 is 23.4 Å². The molecule has 0 atom stereocenters. The number of rotatable bonds is 9. The van der Waals surface area contributed by atoms with Crippen molar-refractivity contribution in [3.8, 4) is 11.5 Å². The summed E-state index contributed by atoms with van der Waals surface area (Å²) in [5.41, 5.74) is 5.57. The monoisotopic (exact) mass is 413 g/mol. The molecule has 0 aliphatic rings. The van der Waals surface area contributed by atoms with Crippen molar-refractivity contribution in [3.05, 3.63) is 54.1 Å². The van der Waals surface area contributed by atoms with Crippen LogP contribution in [0.25, 0.3) is 0 Å². The summed E-state index contributed by atoms with van der Waals surface area (Å²) >= 11 is 0. The number of anilines is 1. The van der Waals surface area contributed by atoms with Crippen molar-refractivity contribution in [2.24, 2.45) is 0 Å². The number of para-hydroxylation sites is 1. The molecule has 8 nitrogen and oxygen atoms in total. The van der Waals surface area contributed by atoms with Crippen LogP contribution in [0, 0.1) is 0 Å². The van der Waals surface area contributed by atoms with E-state index in [9.17, 15) is 14.4 Å². The van der Waals surface area contributed by atoms with E-state index in [0.717, 1.165) is 0 Å². The topological polar surface area (TPSA) is 106 Å². The molecule has 160 valence electrons. The maximum Gasteiger partial charge on any atom is 0.273 e. The number of hydrogen-bond acceptors (Lipinski definition) is 5. The van der Waals surface area contributed by atoms with Crippen LogP contribution in [0.15, 0.2) is 48.5 Å². The summed E-state index contributed by atoms with van der Waals surface area (Å²) in [4.78, 5) is 36.3. The fourth-order valence-electron chi connectivity index (χ4n) is 2.52. The van der Waals surface area contributed by atoms with Gasteiger partial charge in [0.25, 0.3) is 5.91 Å². The molecule has 0 aliphatic heterocycles. The van der Waals surface area contributed by atoms with Gasteiger partial charge in [-0.05, 0) is 57.2 Å². The highest BCUT2D eigenvalue weighted by molar-refractivity contribution is 5.98. The van der Waals surface area contributed by atoms with Gasteiger partial charge in [0.05, 0.1) is 18.3 Å². The molecule has 2 aromatic carbocycles. The van der Waals surface area contributed by atoms with Gasteiger partial charge in [-0.3, -0.25) is 25.2 Å². The molecule has 30 heavy (non-hydrogen) atoms. The van der Waals surface area contributed by atoms with E-state index < -0.39 is 11.8 Å². The van der Waals surface area contributed by atoms with E-state index in [1.54, 1.807) is 48.5 Å². The third-order valence-corrected chi connectivity index (χ3v) is 3.84. The minimum absolute atomic E-state index is 0.0258. The molecule has 0 bridgehead atoms. The normalized spacial score (nSPS) is 10.3. The van der Waals surface area contributed by atoms with Crippen LogP contribution < -0.4 is 25.6 Å². The average molecular weight is 413 g/mol. The van der Waals surface area contributed by atoms with Crippen molar-refractivity contribution in [1.82, 2.24) is 10.9 Å². The van der Waals surface area contributed by atoms with Gasteiger partial charge in [0.2, 0.25) is 11.8 Å².